The monoisotopic (exact) mass is 323 g/mol. The summed E-state index contributed by atoms with van der Waals surface area (Å²) >= 11 is 0. The van der Waals surface area contributed by atoms with Gasteiger partial charge in [0.25, 0.3) is 0 Å². The molecule has 2 fully saturated rings. The first-order valence-electron chi connectivity index (χ1n) is 9.01. The molecule has 2 aromatic rings. The molecule has 0 radical (unpaired) electrons. The second-order valence-corrected chi connectivity index (χ2v) is 7.30. The summed E-state index contributed by atoms with van der Waals surface area (Å²) < 4.78 is 5.55. The topological polar surface area (TPSA) is 29.5 Å². The molecule has 2 unspecified atom stereocenters. The Bertz CT molecular complexity index is 756. The molecule has 0 spiro atoms. The molecular formula is C21H25NO2. The zero-order valence-corrected chi connectivity index (χ0v) is 14.5. The number of hydrogen-bond donors (Lipinski definition) is 0. The molecule has 126 valence electrons. The highest BCUT2D eigenvalue weighted by atomic mass is 16.5. The summed E-state index contributed by atoms with van der Waals surface area (Å²) in [4.78, 5) is 15.9. The standard InChI is InChI=1S/C21H25NO2/c1-22-16-7-5-8-17(22)13-15(12-16)21(23)20-18-9-4-3-6-14(18)10-11-19(20)24-2/h3-4,6,9-11,15-17H,5,7-8,12-13H2,1-2H3. The van der Waals surface area contributed by atoms with E-state index in [1.165, 1.54) is 19.3 Å². The van der Waals surface area contributed by atoms with Crippen LogP contribution in [-0.4, -0.2) is 36.9 Å². The molecule has 0 aromatic heterocycles. The van der Waals surface area contributed by atoms with Crippen LogP contribution in [0.25, 0.3) is 10.8 Å². The van der Waals surface area contributed by atoms with E-state index in [0.29, 0.717) is 17.8 Å². The summed E-state index contributed by atoms with van der Waals surface area (Å²) in [5.74, 6) is 1.10. The fourth-order valence-electron chi connectivity index (χ4n) is 4.71. The lowest BCUT2D eigenvalue weighted by molar-refractivity contribution is 0.0338. The van der Waals surface area contributed by atoms with Gasteiger partial charge in [-0.3, -0.25) is 4.79 Å². The van der Waals surface area contributed by atoms with Gasteiger partial charge in [0.15, 0.2) is 5.78 Å². The van der Waals surface area contributed by atoms with Crippen LogP contribution >= 0.6 is 0 Å². The number of ketones is 1. The maximum atomic E-state index is 13.4. The molecule has 24 heavy (non-hydrogen) atoms. The Kier molecular flexibility index (Phi) is 4.05. The van der Waals surface area contributed by atoms with Gasteiger partial charge in [0, 0.05) is 18.0 Å². The predicted octanol–water partition coefficient (Wildman–Crippen LogP) is 4.29. The summed E-state index contributed by atoms with van der Waals surface area (Å²) in [6, 6.07) is 13.2. The van der Waals surface area contributed by atoms with Gasteiger partial charge in [0.05, 0.1) is 12.7 Å². The predicted molar refractivity (Wildman–Crippen MR) is 96.7 cm³/mol. The number of carbonyl (C=O) groups is 1. The molecule has 2 aliphatic rings. The molecular weight excluding hydrogens is 298 g/mol. The Hall–Kier alpha value is -1.87. The fourth-order valence-corrected chi connectivity index (χ4v) is 4.71. The van der Waals surface area contributed by atoms with E-state index in [4.69, 9.17) is 4.74 Å². The van der Waals surface area contributed by atoms with Crippen molar-refractivity contribution in [3.63, 3.8) is 0 Å². The molecule has 3 nitrogen and oxygen atoms in total. The molecule has 4 rings (SSSR count). The van der Waals surface area contributed by atoms with Crippen molar-refractivity contribution in [2.24, 2.45) is 5.92 Å². The number of hydrogen-bond acceptors (Lipinski definition) is 3. The second-order valence-electron chi connectivity index (χ2n) is 7.30. The van der Waals surface area contributed by atoms with Gasteiger partial charge in [0.2, 0.25) is 0 Å². The van der Waals surface area contributed by atoms with Crippen LogP contribution in [0.4, 0.5) is 0 Å². The molecule has 0 amide bonds. The van der Waals surface area contributed by atoms with Crippen LogP contribution in [0.2, 0.25) is 0 Å². The maximum Gasteiger partial charge on any atom is 0.170 e. The third-order valence-electron chi connectivity index (χ3n) is 6.07. The molecule has 0 saturated carbocycles. The number of methoxy groups -OCH3 is 1. The van der Waals surface area contributed by atoms with Crippen molar-refractivity contribution in [2.45, 2.75) is 44.2 Å². The fraction of sp³-hybridized carbons (Fsp3) is 0.476. The van der Waals surface area contributed by atoms with Gasteiger partial charge in [-0.2, -0.15) is 0 Å². The molecule has 2 atom stereocenters. The van der Waals surface area contributed by atoms with E-state index < -0.39 is 0 Å². The first-order valence-corrected chi connectivity index (χ1v) is 9.01. The number of Topliss-reactive ketones (excluding diaryl/α,β-unsaturated/α-hetero) is 1. The van der Waals surface area contributed by atoms with Crippen molar-refractivity contribution in [2.75, 3.05) is 14.2 Å². The number of fused-ring (bicyclic) bond motifs is 3. The van der Waals surface area contributed by atoms with Crippen molar-refractivity contribution in [3.8, 4) is 5.75 Å². The Labute approximate surface area is 143 Å². The highest BCUT2D eigenvalue weighted by Gasteiger charge is 2.39. The molecule has 2 saturated heterocycles. The van der Waals surface area contributed by atoms with Crippen molar-refractivity contribution >= 4 is 16.6 Å². The van der Waals surface area contributed by atoms with E-state index in [-0.39, 0.29) is 11.7 Å². The van der Waals surface area contributed by atoms with E-state index in [0.717, 1.165) is 29.2 Å². The van der Waals surface area contributed by atoms with Crippen LogP contribution in [0.3, 0.4) is 0 Å². The smallest absolute Gasteiger partial charge is 0.170 e. The minimum Gasteiger partial charge on any atom is -0.496 e. The first-order chi connectivity index (χ1) is 11.7. The summed E-state index contributed by atoms with van der Waals surface area (Å²) in [6.45, 7) is 0. The average Bonchev–Trinajstić information content (AvgIpc) is 2.60. The van der Waals surface area contributed by atoms with E-state index >= 15 is 0 Å². The highest BCUT2D eigenvalue weighted by Crippen LogP contribution is 2.39. The van der Waals surface area contributed by atoms with Crippen molar-refractivity contribution < 1.29 is 9.53 Å². The van der Waals surface area contributed by atoms with Crippen LogP contribution in [0, 0.1) is 5.92 Å². The second kappa shape index (κ2) is 6.21. The molecule has 2 aromatic carbocycles. The average molecular weight is 323 g/mol. The van der Waals surface area contributed by atoms with Gasteiger partial charge < -0.3 is 9.64 Å². The third-order valence-corrected chi connectivity index (χ3v) is 6.07. The first kappa shape index (κ1) is 15.6. The van der Waals surface area contributed by atoms with Gasteiger partial charge in [-0.15, -0.1) is 0 Å². The number of carbonyl (C=O) groups excluding carboxylic acids is 1. The molecule has 2 aliphatic heterocycles. The largest absolute Gasteiger partial charge is 0.496 e. The van der Waals surface area contributed by atoms with Crippen LogP contribution in [0.1, 0.15) is 42.5 Å². The Balaban J connectivity index is 1.73. The van der Waals surface area contributed by atoms with Crippen LogP contribution in [-0.2, 0) is 0 Å². The summed E-state index contributed by atoms with van der Waals surface area (Å²) in [5, 5.41) is 2.13. The van der Waals surface area contributed by atoms with Crippen molar-refractivity contribution in [3.05, 3.63) is 42.0 Å². The molecule has 2 heterocycles. The molecule has 0 aliphatic carbocycles. The number of piperidine rings is 2. The van der Waals surface area contributed by atoms with E-state index in [1.807, 2.05) is 30.3 Å². The molecule has 0 N–H and O–H groups in total. The van der Waals surface area contributed by atoms with Crippen LogP contribution in [0.15, 0.2) is 36.4 Å². The summed E-state index contributed by atoms with van der Waals surface area (Å²) in [6.07, 6.45) is 5.72. The minimum absolute atomic E-state index is 0.121. The Morgan fingerprint density at radius 2 is 1.79 bits per heavy atom. The molecule has 3 heteroatoms. The van der Waals surface area contributed by atoms with Crippen molar-refractivity contribution in [1.29, 1.82) is 0 Å². The number of nitrogens with zero attached hydrogens (tertiary/aromatic N) is 1. The Morgan fingerprint density at radius 3 is 2.50 bits per heavy atom. The van der Waals surface area contributed by atoms with Crippen molar-refractivity contribution in [1.82, 2.24) is 4.90 Å². The number of benzene rings is 2. The lowest BCUT2D eigenvalue weighted by atomic mass is 9.75. The highest BCUT2D eigenvalue weighted by molar-refractivity contribution is 6.11. The van der Waals surface area contributed by atoms with Gasteiger partial charge in [0.1, 0.15) is 5.75 Å². The Morgan fingerprint density at radius 1 is 1.08 bits per heavy atom. The zero-order valence-electron chi connectivity index (χ0n) is 14.5. The van der Waals surface area contributed by atoms with Crippen LogP contribution < -0.4 is 4.74 Å². The summed E-state index contributed by atoms with van der Waals surface area (Å²) in [5.41, 5.74) is 0.781. The van der Waals surface area contributed by atoms with E-state index in [9.17, 15) is 4.79 Å². The molecule has 2 bridgehead atoms. The quantitative estimate of drug-likeness (QED) is 0.789. The zero-order chi connectivity index (χ0) is 16.7. The summed E-state index contributed by atoms with van der Waals surface area (Å²) in [7, 11) is 3.89. The van der Waals surface area contributed by atoms with Gasteiger partial charge >= 0.3 is 0 Å². The minimum atomic E-state index is 0.121. The lowest BCUT2D eigenvalue weighted by Gasteiger charge is -2.46. The van der Waals surface area contributed by atoms with Crippen LogP contribution in [0.5, 0.6) is 5.75 Å². The van der Waals surface area contributed by atoms with Gasteiger partial charge in [-0.25, -0.2) is 0 Å². The van der Waals surface area contributed by atoms with Gasteiger partial charge in [-0.1, -0.05) is 36.8 Å². The number of rotatable bonds is 3. The normalized spacial score (nSPS) is 27.2. The van der Waals surface area contributed by atoms with Gasteiger partial charge in [-0.05, 0) is 49.6 Å². The van der Waals surface area contributed by atoms with E-state index in [1.54, 1.807) is 7.11 Å². The maximum absolute atomic E-state index is 13.4. The lowest BCUT2D eigenvalue weighted by Crippen LogP contribution is -2.51. The third kappa shape index (κ3) is 2.51. The number of ether oxygens (including phenoxy) is 1. The SMILES string of the molecule is COc1ccc2ccccc2c1C(=O)C1CC2CCCC(C1)N2C. The van der Waals surface area contributed by atoms with E-state index in [2.05, 4.69) is 18.0 Å².